The van der Waals surface area contributed by atoms with Crippen molar-refractivity contribution in [3.8, 4) is 0 Å². The van der Waals surface area contributed by atoms with Crippen LogP contribution in [-0.4, -0.2) is 11.5 Å². The molecule has 124 valence electrons. The van der Waals surface area contributed by atoms with E-state index in [1.807, 2.05) is 0 Å². The Labute approximate surface area is 157 Å². The van der Waals surface area contributed by atoms with Gasteiger partial charge in [-0.25, -0.2) is 0 Å². The summed E-state index contributed by atoms with van der Waals surface area (Å²) in [5.74, 6) is -3.01. The van der Waals surface area contributed by atoms with Crippen LogP contribution >= 0.6 is 33.1 Å². The molecule has 0 fully saturated rings. The fourth-order valence-electron chi connectivity index (χ4n) is 3.41. The van der Waals surface area contributed by atoms with Crippen LogP contribution in [0.5, 0.6) is 0 Å². The molecular weight excluding hydrogens is 399 g/mol. The molecule has 3 rings (SSSR count). The Morgan fingerprint density at radius 2 is 0.958 bits per heavy atom. The topological polar surface area (TPSA) is 0 Å². The second-order valence-corrected chi connectivity index (χ2v) is 13.3. The summed E-state index contributed by atoms with van der Waals surface area (Å²) in [6, 6.07) is 31.9. The first-order valence-corrected chi connectivity index (χ1v) is 12.6. The van der Waals surface area contributed by atoms with E-state index in [1.54, 1.807) is 0 Å². The van der Waals surface area contributed by atoms with Crippen LogP contribution in [0.25, 0.3) is 0 Å². The maximum absolute atomic E-state index is 7.86. The molecule has 0 aliphatic heterocycles. The van der Waals surface area contributed by atoms with Gasteiger partial charge >= 0.3 is 158 Å². The molecule has 0 radical (unpaired) electrons. The molecular formula is C21H21BrClP. The molecule has 3 aromatic carbocycles. The van der Waals surface area contributed by atoms with Gasteiger partial charge in [0.05, 0.1) is 0 Å². The maximum atomic E-state index is 7.86. The minimum absolute atomic E-state index is 0.941. The van der Waals surface area contributed by atoms with Crippen molar-refractivity contribution >= 4 is 49.0 Å². The molecule has 0 amide bonds. The van der Waals surface area contributed by atoms with Crippen LogP contribution in [0, 0.1) is 0 Å². The average Bonchev–Trinajstić information content (AvgIpc) is 2.68. The van der Waals surface area contributed by atoms with Gasteiger partial charge in [-0.05, 0) is 0 Å². The summed E-state index contributed by atoms with van der Waals surface area (Å²) in [5.41, 5.74) is 0. The normalized spacial score (nSPS) is 13.2. The zero-order chi connectivity index (χ0) is 16.9. The molecule has 3 aromatic rings. The molecule has 0 N–H and O–H groups in total. The number of alkyl halides is 1. The van der Waals surface area contributed by atoms with Crippen molar-refractivity contribution in [3.63, 3.8) is 0 Å². The summed E-state index contributed by atoms with van der Waals surface area (Å²) >= 11 is 11.5. The summed E-state index contributed by atoms with van der Waals surface area (Å²) < 4.78 is 0. The zero-order valence-electron chi connectivity index (χ0n) is 13.5. The van der Waals surface area contributed by atoms with Gasteiger partial charge in [-0.1, -0.05) is 0 Å². The Balaban J connectivity index is 2.37. The van der Waals surface area contributed by atoms with E-state index in [2.05, 4.69) is 107 Å². The Morgan fingerprint density at radius 1 is 0.625 bits per heavy atom. The van der Waals surface area contributed by atoms with Crippen LogP contribution in [0.4, 0.5) is 0 Å². The number of rotatable bonds is 6. The first-order chi connectivity index (χ1) is 11.7. The molecule has 0 unspecified atom stereocenters. The van der Waals surface area contributed by atoms with Crippen LogP contribution < -0.4 is 15.9 Å². The van der Waals surface area contributed by atoms with Gasteiger partial charge in [0.2, 0.25) is 0 Å². The fourth-order valence-corrected chi connectivity index (χ4v) is 10.3. The fraction of sp³-hybridized carbons (Fsp3) is 0.143. The first-order valence-electron chi connectivity index (χ1n) is 8.16. The van der Waals surface area contributed by atoms with Gasteiger partial charge in [-0.2, -0.15) is 0 Å². The van der Waals surface area contributed by atoms with E-state index < -0.39 is 5.96 Å². The molecule has 0 saturated carbocycles. The molecule has 0 spiro atoms. The molecule has 0 atom stereocenters. The van der Waals surface area contributed by atoms with Crippen molar-refractivity contribution in [3.05, 3.63) is 91.0 Å². The molecule has 0 saturated heterocycles. The molecule has 24 heavy (non-hydrogen) atoms. The molecule has 0 aliphatic carbocycles. The SMILES string of the molecule is ClP(CCCBr)(c1ccccc1)(c1ccccc1)c1ccccc1. The van der Waals surface area contributed by atoms with Crippen LogP contribution in [0.1, 0.15) is 6.42 Å². The van der Waals surface area contributed by atoms with Crippen molar-refractivity contribution in [2.45, 2.75) is 6.42 Å². The van der Waals surface area contributed by atoms with Gasteiger partial charge in [-0.3, -0.25) is 0 Å². The van der Waals surface area contributed by atoms with E-state index in [9.17, 15) is 0 Å². The number of hydrogen-bond donors (Lipinski definition) is 0. The Bertz CT molecular complexity index is 675. The van der Waals surface area contributed by atoms with Gasteiger partial charge in [0.1, 0.15) is 0 Å². The second kappa shape index (κ2) is 7.40. The first kappa shape index (κ1) is 17.7. The van der Waals surface area contributed by atoms with E-state index in [4.69, 9.17) is 11.2 Å². The van der Waals surface area contributed by atoms with Gasteiger partial charge in [0, 0.05) is 0 Å². The molecule has 3 heteroatoms. The number of hydrogen-bond acceptors (Lipinski definition) is 0. The average molecular weight is 420 g/mol. The van der Waals surface area contributed by atoms with Gasteiger partial charge < -0.3 is 0 Å². The second-order valence-electron chi connectivity index (χ2n) is 5.96. The molecule has 0 aromatic heterocycles. The van der Waals surface area contributed by atoms with Crippen molar-refractivity contribution in [2.75, 3.05) is 11.5 Å². The van der Waals surface area contributed by atoms with E-state index in [-0.39, 0.29) is 0 Å². The summed E-state index contributed by atoms with van der Waals surface area (Å²) in [4.78, 5) is 0. The van der Waals surface area contributed by atoms with Gasteiger partial charge in [0.25, 0.3) is 0 Å². The van der Waals surface area contributed by atoms with Crippen molar-refractivity contribution in [2.24, 2.45) is 0 Å². The standard InChI is InChI=1S/C21H21BrClP/c22-17-10-18-24(23,19-11-4-1-5-12-19,20-13-6-2-7-14-20)21-15-8-3-9-16-21/h1-9,11-16H,10,17-18H2. The monoisotopic (exact) mass is 418 g/mol. The Morgan fingerprint density at radius 3 is 1.25 bits per heavy atom. The van der Waals surface area contributed by atoms with Gasteiger partial charge in [0.15, 0.2) is 0 Å². The zero-order valence-corrected chi connectivity index (χ0v) is 16.7. The summed E-state index contributed by atoms with van der Waals surface area (Å²) in [6.07, 6.45) is 1.97. The number of halogens is 2. The van der Waals surface area contributed by atoms with Crippen LogP contribution in [0.15, 0.2) is 91.0 Å². The van der Waals surface area contributed by atoms with E-state index in [1.165, 1.54) is 15.9 Å². The summed E-state index contributed by atoms with van der Waals surface area (Å²) in [6.45, 7) is 0. The summed E-state index contributed by atoms with van der Waals surface area (Å²) in [7, 11) is 0. The van der Waals surface area contributed by atoms with E-state index >= 15 is 0 Å². The quantitative estimate of drug-likeness (QED) is 0.368. The van der Waals surface area contributed by atoms with E-state index in [0.717, 1.165) is 17.9 Å². The molecule has 0 aliphatic rings. The third kappa shape index (κ3) is 2.94. The predicted octanol–water partition coefficient (Wildman–Crippen LogP) is 5.46. The van der Waals surface area contributed by atoms with Crippen LogP contribution in [0.3, 0.4) is 0 Å². The van der Waals surface area contributed by atoms with Gasteiger partial charge in [-0.15, -0.1) is 0 Å². The Hall–Kier alpha value is -1.14. The van der Waals surface area contributed by atoms with Crippen molar-refractivity contribution in [1.29, 1.82) is 0 Å². The molecule has 0 nitrogen and oxygen atoms in total. The molecule has 0 heterocycles. The third-order valence-electron chi connectivity index (χ3n) is 4.60. The number of benzene rings is 3. The van der Waals surface area contributed by atoms with E-state index in [0.29, 0.717) is 0 Å². The van der Waals surface area contributed by atoms with Crippen LogP contribution in [0.2, 0.25) is 0 Å². The van der Waals surface area contributed by atoms with Crippen LogP contribution in [-0.2, 0) is 0 Å². The van der Waals surface area contributed by atoms with Crippen molar-refractivity contribution < 1.29 is 0 Å². The predicted molar refractivity (Wildman–Crippen MR) is 114 cm³/mol. The molecule has 0 bridgehead atoms. The minimum atomic E-state index is -3.01. The van der Waals surface area contributed by atoms with Crippen molar-refractivity contribution in [1.82, 2.24) is 0 Å². The summed E-state index contributed by atoms with van der Waals surface area (Å²) in [5, 5.41) is 4.67. The Kier molecular flexibility index (Phi) is 5.45. The third-order valence-corrected chi connectivity index (χ3v) is 12.7.